The molecule has 2 nitrogen and oxygen atoms in total. The molecule has 2 aliphatic heterocycles. The Morgan fingerprint density at radius 1 is 1.35 bits per heavy atom. The van der Waals surface area contributed by atoms with Gasteiger partial charge in [-0.05, 0) is 52.5 Å². The minimum absolute atomic E-state index is 0.00304. The zero-order chi connectivity index (χ0) is 12.7. The van der Waals surface area contributed by atoms with Crippen LogP contribution in [0.3, 0.4) is 0 Å². The van der Waals surface area contributed by atoms with Gasteiger partial charge in [0.1, 0.15) is 5.60 Å². The molecule has 0 spiro atoms. The molecule has 2 rings (SSSR count). The number of hydrogen-bond acceptors (Lipinski definition) is 2. The largest absolute Gasteiger partial charge is 0.492 e. The number of ether oxygens (including phenoxy) is 2. The summed E-state index contributed by atoms with van der Waals surface area (Å²) in [7, 11) is 0. The van der Waals surface area contributed by atoms with Gasteiger partial charge < -0.3 is 9.47 Å². The molecule has 2 saturated heterocycles. The quantitative estimate of drug-likeness (QED) is 0.675. The van der Waals surface area contributed by atoms with Crippen molar-refractivity contribution in [1.82, 2.24) is 0 Å². The summed E-state index contributed by atoms with van der Waals surface area (Å²) in [6.07, 6.45) is 6.40. The maximum atomic E-state index is 6.08. The van der Waals surface area contributed by atoms with Crippen LogP contribution in [0.15, 0.2) is 24.0 Å². The lowest BCUT2D eigenvalue weighted by molar-refractivity contribution is 0.0164. The van der Waals surface area contributed by atoms with Crippen molar-refractivity contribution in [3.63, 3.8) is 0 Å². The summed E-state index contributed by atoms with van der Waals surface area (Å²) in [5.41, 5.74) is 1.12. The third-order valence-electron chi connectivity index (χ3n) is 4.02. The predicted octanol–water partition coefficient (Wildman–Crippen LogP) is 3.97. The molecule has 0 aromatic rings. The highest BCUT2D eigenvalue weighted by molar-refractivity contribution is 5.18. The fourth-order valence-electron chi connectivity index (χ4n) is 2.62. The van der Waals surface area contributed by atoms with Crippen molar-refractivity contribution < 1.29 is 9.47 Å². The summed E-state index contributed by atoms with van der Waals surface area (Å²) in [4.78, 5) is 0. The highest BCUT2D eigenvalue weighted by Gasteiger charge is 2.37. The lowest BCUT2D eigenvalue weighted by Gasteiger charge is -2.23. The monoisotopic (exact) mass is 236 g/mol. The second kappa shape index (κ2) is 4.16. The third kappa shape index (κ3) is 2.57. The van der Waals surface area contributed by atoms with Crippen LogP contribution in [0.2, 0.25) is 0 Å². The molecular formula is C15H24O2. The van der Waals surface area contributed by atoms with Crippen molar-refractivity contribution in [2.45, 2.75) is 70.7 Å². The number of rotatable bonds is 2. The maximum Gasteiger partial charge on any atom is 0.103 e. The molecule has 17 heavy (non-hydrogen) atoms. The Hall–Kier alpha value is -0.760. The first kappa shape index (κ1) is 12.7. The summed E-state index contributed by atoms with van der Waals surface area (Å²) in [6, 6.07) is 0. The Morgan fingerprint density at radius 3 is 2.53 bits per heavy atom. The van der Waals surface area contributed by atoms with E-state index in [1.165, 1.54) is 5.57 Å². The van der Waals surface area contributed by atoms with E-state index in [1.54, 1.807) is 0 Å². The highest BCUT2D eigenvalue weighted by atomic mass is 16.5. The summed E-state index contributed by atoms with van der Waals surface area (Å²) >= 11 is 0. The van der Waals surface area contributed by atoms with Gasteiger partial charge in [-0.2, -0.15) is 0 Å². The molecule has 2 heteroatoms. The van der Waals surface area contributed by atoms with E-state index in [9.17, 15) is 0 Å². The molecule has 0 N–H and O–H groups in total. The average Bonchev–Trinajstić information content (AvgIpc) is 2.82. The molecular weight excluding hydrogens is 212 g/mol. The molecule has 2 fully saturated rings. The smallest absolute Gasteiger partial charge is 0.103 e. The van der Waals surface area contributed by atoms with E-state index in [4.69, 9.17) is 9.47 Å². The van der Waals surface area contributed by atoms with E-state index in [0.717, 1.165) is 31.4 Å². The van der Waals surface area contributed by atoms with Crippen LogP contribution in [0.25, 0.3) is 0 Å². The van der Waals surface area contributed by atoms with Crippen LogP contribution >= 0.6 is 0 Å². The average molecular weight is 236 g/mol. The van der Waals surface area contributed by atoms with Crippen LogP contribution in [-0.4, -0.2) is 17.3 Å². The van der Waals surface area contributed by atoms with Crippen molar-refractivity contribution in [3.05, 3.63) is 24.0 Å². The molecule has 0 amide bonds. The molecule has 2 heterocycles. The zero-order valence-electron chi connectivity index (χ0n) is 11.5. The molecule has 0 aromatic heterocycles. The Morgan fingerprint density at radius 2 is 2.06 bits per heavy atom. The Kier molecular flexibility index (Phi) is 3.11. The van der Waals surface area contributed by atoms with Gasteiger partial charge in [0.2, 0.25) is 0 Å². The van der Waals surface area contributed by atoms with Gasteiger partial charge in [-0.1, -0.05) is 6.08 Å². The van der Waals surface area contributed by atoms with Gasteiger partial charge in [0.25, 0.3) is 0 Å². The first-order valence-corrected chi connectivity index (χ1v) is 6.55. The summed E-state index contributed by atoms with van der Waals surface area (Å²) in [5.74, 6) is 1.15. The van der Waals surface area contributed by atoms with Gasteiger partial charge in [-0.3, -0.25) is 0 Å². The van der Waals surface area contributed by atoms with Crippen molar-refractivity contribution >= 4 is 0 Å². The summed E-state index contributed by atoms with van der Waals surface area (Å²) in [5, 5.41) is 0. The summed E-state index contributed by atoms with van der Waals surface area (Å²) < 4.78 is 12.1. The topological polar surface area (TPSA) is 18.5 Å². The molecule has 0 saturated carbocycles. The molecule has 2 atom stereocenters. The van der Waals surface area contributed by atoms with Crippen molar-refractivity contribution in [3.8, 4) is 0 Å². The molecule has 0 aliphatic carbocycles. The predicted molar refractivity (Wildman–Crippen MR) is 69.8 cm³/mol. The zero-order valence-corrected chi connectivity index (χ0v) is 11.5. The third-order valence-corrected chi connectivity index (χ3v) is 4.02. The SMILES string of the molecule is C=C[C@@]1(C)CCC(/C(C)=C2\CCC(C)(C)O2)O1. The fraction of sp³-hybridized carbons (Fsp3) is 0.733. The van der Waals surface area contributed by atoms with Gasteiger partial charge in [0.15, 0.2) is 0 Å². The van der Waals surface area contributed by atoms with Crippen molar-refractivity contribution in [2.75, 3.05) is 0 Å². The van der Waals surface area contributed by atoms with E-state index >= 15 is 0 Å². The van der Waals surface area contributed by atoms with Crippen molar-refractivity contribution in [1.29, 1.82) is 0 Å². The number of hydrogen-bond donors (Lipinski definition) is 0. The van der Waals surface area contributed by atoms with Gasteiger partial charge in [-0.25, -0.2) is 0 Å². The van der Waals surface area contributed by atoms with E-state index in [-0.39, 0.29) is 17.3 Å². The lowest BCUT2D eigenvalue weighted by Crippen LogP contribution is -2.22. The minimum atomic E-state index is -0.152. The van der Waals surface area contributed by atoms with Crippen LogP contribution in [0.4, 0.5) is 0 Å². The normalized spacial score (nSPS) is 38.9. The Bertz CT molecular complexity index is 354. The van der Waals surface area contributed by atoms with Gasteiger partial charge in [0, 0.05) is 6.42 Å². The molecule has 0 aromatic carbocycles. The molecule has 2 aliphatic rings. The van der Waals surface area contributed by atoms with Crippen molar-refractivity contribution in [2.24, 2.45) is 0 Å². The number of allylic oxidation sites excluding steroid dienone is 1. The van der Waals surface area contributed by atoms with Crippen LogP contribution in [0, 0.1) is 0 Å². The minimum Gasteiger partial charge on any atom is -0.492 e. The standard InChI is InChI=1S/C15H24O2/c1-6-15(5)10-8-13(17-15)11(2)12-7-9-14(3,4)16-12/h6,13H,1,7-10H2,2-5H3/b12-11+/t13?,15-/m0/s1. The molecule has 0 bridgehead atoms. The van der Waals surface area contributed by atoms with E-state index in [1.807, 2.05) is 6.08 Å². The van der Waals surface area contributed by atoms with E-state index in [0.29, 0.717) is 0 Å². The van der Waals surface area contributed by atoms with Crippen LogP contribution < -0.4 is 0 Å². The molecule has 96 valence electrons. The van der Waals surface area contributed by atoms with Gasteiger partial charge in [-0.15, -0.1) is 6.58 Å². The van der Waals surface area contributed by atoms with Crippen LogP contribution in [0.5, 0.6) is 0 Å². The summed E-state index contributed by atoms with van der Waals surface area (Å²) in [6.45, 7) is 12.4. The van der Waals surface area contributed by atoms with Gasteiger partial charge >= 0.3 is 0 Å². The highest BCUT2D eigenvalue weighted by Crippen LogP contribution is 2.39. The van der Waals surface area contributed by atoms with Crippen LogP contribution in [-0.2, 0) is 9.47 Å². The lowest BCUT2D eigenvalue weighted by atomic mass is 10.0. The molecule has 0 radical (unpaired) electrons. The first-order chi connectivity index (χ1) is 7.85. The maximum absolute atomic E-state index is 6.08. The van der Waals surface area contributed by atoms with E-state index < -0.39 is 0 Å². The Labute approximate surface area is 105 Å². The second-order valence-corrected chi connectivity index (χ2v) is 6.13. The fourth-order valence-corrected chi connectivity index (χ4v) is 2.62. The van der Waals surface area contributed by atoms with Crippen LogP contribution in [0.1, 0.15) is 53.4 Å². The second-order valence-electron chi connectivity index (χ2n) is 6.13. The van der Waals surface area contributed by atoms with E-state index in [2.05, 4.69) is 34.3 Å². The van der Waals surface area contributed by atoms with Gasteiger partial charge in [0.05, 0.1) is 17.5 Å². The Balaban J connectivity index is 2.10. The molecule has 1 unspecified atom stereocenters. The first-order valence-electron chi connectivity index (χ1n) is 6.55.